The second-order valence-corrected chi connectivity index (χ2v) is 10.1. The van der Waals surface area contributed by atoms with E-state index in [0.29, 0.717) is 19.3 Å². The Morgan fingerprint density at radius 3 is 2.50 bits per heavy atom. The molecule has 7 nitrogen and oxygen atoms in total. The maximum Gasteiger partial charge on any atom is 0.274 e. The number of ether oxygens (including phenoxy) is 1. The molecule has 2 atom stereocenters. The topological polar surface area (TPSA) is 63.3 Å². The highest BCUT2D eigenvalue weighted by atomic mass is 16.5. The summed E-state index contributed by atoms with van der Waals surface area (Å²) in [6, 6.07) is 21.4. The van der Waals surface area contributed by atoms with Gasteiger partial charge in [0.25, 0.3) is 5.82 Å². The van der Waals surface area contributed by atoms with Crippen LogP contribution in [-0.2, 0) is 16.1 Å². The number of rotatable bonds is 9. The lowest BCUT2D eigenvalue weighted by Gasteiger charge is -2.32. The van der Waals surface area contributed by atoms with Crippen LogP contribution in [0.5, 0.6) is 0 Å². The Morgan fingerprint density at radius 2 is 1.81 bits per heavy atom. The standard InChI is InChI=1S/C29H37N5O2/c1-23-31-33(20-24-8-4-2-5-9-24)22-34(23)27-12-16-32(17-13-27)18-14-28(25-10-6-3-7-11-25)30-29(35)26-15-19-36-21-26/h2-11,22,26-28H,12-21H2,1H3/p+1/t26?,28-/m0/s1. The van der Waals surface area contributed by atoms with Gasteiger partial charge >= 0.3 is 0 Å². The van der Waals surface area contributed by atoms with Crippen LogP contribution in [0.2, 0.25) is 0 Å². The molecule has 36 heavy (non-hydrogen) atoms. The third-order valence-corrected chi connectivity index (χ3v) is 7.60. The minimum Gasteiger partial charge on any atom is -0.381 e. The van der Waals surface area contributed by atoms with Gasteiger partial charge in [0, 0.05) is 38.3 Å². The lowest BCUT2D eigenvalue weighted by Crippen LogP contribution is -2.47. The smallest absolute Gasteiger partial charge is 0.274 e. The summed E-state index contributed by atoms with van der Waals surface area (Å²) >= 11 is 0. The number of carbonyl (C=O) groups excluding carboxylic acids is 1. The molecule has 5 rings (SSSR count). The number of nitrogens with one attached hydrogen (secondary N) is 1. The fourth-order valence-corrected chi connectivity index (χ4v) is 5.47. The van der Waals surface area contributed by atoms with E-state index in [1.165, 1.54) is 11.1 Å². The molecular weight excluding hydrogens is 450 g/mol. The van der Waals surface area contributed by atoms with Crippen LogP contribution in [-0.4, -0.2) is 53.4 Å². The predicted molar refractivity (Wildman–Crippen MR) is 138 cm³/mol. The van der Waals surface area contributed by atoms with Crippen molar-refractivity contribution in [1.82, 2.24) is 20.0 Å². The van der Waals surface area contributed by atoms with Gasteiger partial charge in [-0.2, -0.15) is 0 Å². The van der Waals surface area contributed by atoms with Gasteiger partial charge < -0.3 is 15.0 Å². The van der Waals surface area contributed by atoms with Gasteiger partial charge in [-0.15, -0.1) is 4.68 Å². The summed E-state index contributed by atoms with van der Waals surface area (Å²) in [6.45, 7) is 7.24. The van der Waals surface area contributed by atoms with Gasteiger partial charge in [-0.3, -0.25) is 4.79 Å². The van der Waals surface area contributed by atoms with Crippen LogP contribution in [0.1, 0.15) is 54.7 Å². The number of amides is 1. The first-order valence-corrected chi connectivity index (χ1v) is 13.3. The third kappa shape index (κ3) is 6.20. The molecule has 2 fully saturated rings. The predicted octanol–water partition coefficient (Wildman–Crippen LogP) is 3.45. The zero-order valence-corrected chi connectivity index (χ0v) is 21.3. The molecule has 0 bridgehead atoms. The number of carbonyl (C=O) groups is 1. The molecule has 2 aromatic carbocycles. The van der Waals surface area contributed by atoms with Crippen molar-refractivity contribution in [2.45, 2.75) is 51.2 Å². The molecule has 3 aromatic rings. The molecule has 2 aliphatic heterocycles. The van der Waals surface area contributed by atoms with E-state index >= 15 is 0 Å². The molecule has 2 aliphatic rings. The van der Waals surface area contributed by atoms with E-state index in [9.17, 15) is 4.79 Å². The van der Waals surface area contributed by atoms with Crippen LogP contribution in [0.4, 0.5) is 0 Å². The van der Waals surface area contributed by atoms with Crippen molar-refractivity contribution >= 4 is 5.91 Å². The lowest BCUT2D eigenvalue weighted by atomic mass is 10.00. The van der Waals surface area contributed by atoms with E-state index in [0.717, 1.165) is 57.7 Å². The Balaban J connectivity index is 1.15. The maximum atomic E-state index is 12.8. The second-order valence-electron chi connectivity index (χ2n) is 10.1. The molecule has 0 radical (unpaired) electrons. The quantitative estimate of drug-likeness (QED) is 0.469. The fourth-order valence-electron chi connectivity index (χ4n) is 5.47. The highest BCUT2D eigenvalue weighted by molar-refractivity contribution is 5.79. The number of nitrogens with zero attached hydrogens (tertiary/aromatic N) is 4. The average Bonchev–Trinajstić information content (AvgIpc) is 3.58. The Kier molecular flexibility index (Phi) is 8.08. The minimum absolute atomic E-state index is 0.0185. The lowest BCUT2D eigenvalue weighted by molar-refractivity contribution is -0.731. The third-order valence-electron chi connectivity index (χ3n) is 7.60. The summed E-state index contributed by atoms with van der Waals surface area (Å²) in [5.74, 6) is 1.18. The number of hydrogen-bond donors (Lipinski definition) is 1. The van der Waals surface area contributed by atoms with Crippen molar-refractivity contribution in [3.05, 3.63) is 83.9 Å². The van der Waals surface area contributed by atoms with Crippen LogP contribution in [0.25, 0.3) is 0 Å². The number of aryl methyl sites for hydroxylation is 1. The first-order valence-electron chi connectivity index (χ1n) is 13.3. The van der Waals surface area contributed by atoms with Gasteiger partial charge in [-0.1, -0.05) is 60.7 Å². The number of hydrogen-bond acceptors (Lipinski definition) is 4. The molecule has 1 amide bonds. The minimum atomic E-state index is -0.0185. The molecule has 190 valence electrons. The Hall–Kier alpha value is -3.03. The molecule has 1 aromatic heterocycles. The zero-order chi connectivity index (χ0) is 24.7. The van der Waals surface area contributed by atoms with Crippen molar-refractivity contribution in [3.63, 3.8) is 0 Å². The first kappa shape index (κ1) is 24.7. The first-order chi connectivity index (χ1) is 17.7. The van der Waals surface area contributed by atoms with E-state index in [1.807, 2.05) is 12.1 Å². The van der Waals surface area contributed by atoms with E-state index < -0.39 is 0 Å². The van der Waals surface area contributed by atoms with Gasteiger partial charge in [0.15, 0.2) is 0 Å². The maximum absolute atomic E-state index is 12.8. The van der Waals surface area contributed by atoms with E-state index in [4.69, 9.17) is 9.84 Å². The highest BCUT2D eigenvalue weighted by Gasteiger charge is 2.29. The summed E-state index contributed by atoms with van der Waals surface area (Å²) in [5.41, 5.74) is 2.44. The number of likely N-dealkylation sites (tertiary alicyclic amines) is 1. The summed E-state index contributed by atoms with van der Waals surface area (Å²) in [4.78, 5) is 15.4. The van der Waals surface area contributed by atoms with Gasteiger partial charge in [0.1, 0.15) is 6.54 Å². The van der Waals surface area contributed by atoms with Crippen molar-refractivity contribution in [2.75, 3.05) is 32.8 Å². The van der Waals surface area contributed by atoms with E-state index in [1.54, 1.807) is 0 Å². The number of piperidine rings is 1. The Labute approximate surface area is 214 Å². The molecule has 1 N–H and O–H groups in total. The van der Waals surface area contributed by atoms with Crippen molar-refractivity contribution < 1.29 is 14.1 Å². The monoisotopic (exact) mass is 488 g/mol. The van der Waals surface area contributed by atoms with Crippen LogP contribution < -0.4 is 9.88 Å². The molecule has 7 heteroatoms. The molecule has 0 saturated carbocycles. The van der Waals surface area contributed by atoms with Gasteiger partial charge in [0.05, 0.1) is 24.6 Å². The molecule has 0 aliphatic carbocycles. The highest BCUT2D eigenvalue weighted by Crippen LogP contribution is 2.23. The van der Waals surface area contributed by atoms with Crippen LogP contribution in [0.3, 0.4) is 0 Å². The van der Waals surface area contributed by atoms with Gasteiger partial charge in [-0.05, 0) is 36.8 Å². The Morgan fingerprint density at radius 1 is 1.08 bits per heavy atom. The summed E-state index contributed by atoms with van der Waals surface area (Å²) in [5, 5.41) is 8.09. The Bertz CT molecular complexity index is 1100. The summed E-state index contributed by atoms with van der Waals surface area (Å²) < 4.78 is 9.84. The average molecular weight is 489 g/mol. The molecule has 3 heterocycles. The van der Waals surface area contributed by atoms with Crippen molar-refractivity contribution in [2.24, 2.45) is 5.92 Å². The van der Waals surface area contributed by atoms with Crippen molar-refractivity contribution in [1.29, 1.82) is 0 Å². The van der Waals surface area contributed by atoms with Crippen LogP contribution in [0, 0.1) is 12.8 Å². The molecule has 0 spiro atoms. The van der Waals surface area contributed by atoms with Gasteiger partial charge in [-0.25, -0.2) is 4.57 Å². The SMILES string of the molecule is Cc1nn(Cc2ccccc2)c[n+]1C1CCN(CC[C@H](NC(=O)C2CCOC2)c2ccccc2)CC1. The largest absolute Gasteiger partial charge is 0.381 e. The molecule has 2 saturated heterocycles. The van der Waals surface area contributed by atoms with E-state index in [-0.39, 0.29) is 17.9 Å². The van der Waals surface area contributed by atoms with Crippen LogP contribution in [0.15, 0.2) is 67.0 Å². The van der Waals surface area contributed by atoms with Crippen molar-refractivity contribution in [3.8, 4) is 0 Å². The summed E-state index contributed by atoms with van der Waals surface area (Å²) in [6.07, 6.45) is 6.14. The summed E-state index contributed by atoms with van der Waals surface area (Å²) in [7, 11) is 0. The molecular formula is C29H38N5O2+. The number of aromatic nitrogens is 3. The van der Waals surface area contributed by atoms with Gasteiger partial charge in [0.2, 0.25) is 12.2 Å². The second kappa shape index (κ2) is 11.8. The molecule has 1 unspecified atom stereocenters. The zero-order valence-electron chi connectivity index (χ0n) is 21.3. The number of benzene rings is 2. The fraction of sp³-hybridized carbons (Fsp3) is 0.483. The normalized spacial score (nSPS) is 19.9. The van der Waals surface area contributed by atoms with Crippen LogP contribution >= 0.6 is 0 Å². The van der Waals surface area contributed by atoms with E-state index in [2.05, 4.69) is 81.2 Å².